The normalized spacial score (nSPS) is 41.3. The van der Waals surface area contributed by atoms with E-state index in [-0.39, 0.29) is 0 Å². The Hall–Kier alpha value is -0.820. The van der Waals surface area contributed by atoms with Crippen molar-refractivity contribution in [3.05, 3.63) is 34.9 Å². The molecule has 0 radical (unpaired) electrons. The molecular formula is C20H28O. The molecule has 114 valence electrons. The molecule has 0 bridgehead atoms. The van der Waals surface area contributed by atoms with E-state index in [9.17, 15) is 0 Å². The Morgan fingerprint density at radius 1 is 1.14 bits per heavy atom. The second kappa shape index (κ2) is 4.84. The highest BCUT2D eigenvalue weighted by molar-refractivity contribution is 5.37. The molecule has 1 nitrogen and oxygen atoms in total. The average Bonchev–Trinajstić information content (AvgIpc) is 2.83. The van der Waals surface area contributed by atoms with Gasteiger partial charge in [0.15, 0.2) is 0 Å². The lowest BCUT2D eigenvalue weighted by Gasteiger charge is -2.50. The third-order valence-electron chi connectivity index (χ3n) is 7.08. The topological polar surface area (TPSA) is 9.23 Å². The summed E-state index contributed by atoms with van der Waals surface area (Å²) < 4.78 is 5.85. The molecule has 2 saturated carbocycles. The maximum atomic E-state index is 5.85. The van der Waals surface area contributed by atoms with Crippen molar-refractivity contribution >= 4 is 0 Å². The lowest BCUT2D eigenvalue weighted by Crippen LogP contribution is -2.44. The highest BCUT2D eigenvalue weighted by atomic mass is 16.5. The van der Waals surface area contributed by atoms with Gasteiger partial charge in [0.25, 0.3) is 0 Å². The fourth-order valence-electron chi connectivity index (χ4n) is 6.05. The first-order chi connectivity index (χ1) is 10.1. The van der Waals surface area contributed by atoms with Crippen LogP contribution >= 0.6 is 0 Å². The van der Waals surface area contributed by atoms with Gasteiger partial charge in [0, 0.05) is 7.11 Å². The fourth-order valence-corrected chi connectivity index (χ4v) is 6.05. The SMILES string of the molecule is COC1CCC2C3CCc4cc(C)ccc4C3CC[C@]12C. The molecule has 3 aliphatic rings. The number of hydrogen-bond donors (Lipinski definition) is 0. The van der Waals surface area contributed by atoms with Gasteiger partial charge in [0.2, 0.25) is 0 Å². The van der Waals surface area contributed by atoms with Gasteiger partial charge in [-0.1, -0.05) is 30.7 Å². The highest BCUT2D eigenvalue weighted by Crippen LogP contribution is 2.61. The summed E-state index contributed by atoms with van der Waals surface area (Å²) in [5.74, 6) is 2.61. The van der Waals surface area contributed by atoms with Crippen molar-refractivity contribution in [3.63, 3.8) is 0 Å². The molecule has 2 fully saturated rings. The minimum absolute atomic E-state index is 0.443. The van der Waals surface area contributed by atoms with E-state index in [1.807, 2.05) is 7.11 Å². The highest BCUT2D eigenvalue weighted by Gasteiger charge is 2.54. The Kier molecular flexibility index (Phi) is 3.19. The second-order valence-corrected chi connectivity index (χ2v) is 7.96. The molecule has 0 aromatic heterocycles. The van der Waals surface area contributed by atoms with Crippen LogP contribution in [0.3, 0.4) is 0 Å². The van der Waals surface area contributed by atoms with E-state index in [1.54, 1.807) is 11.1 Å². The maximum Gasteiger partial charge on any atom is 0.0627 e. The number of rotatable bonds is 1. The van der Waals surface area contributed by atoms with Gasteiger partial charge in [0.05, 0.1) is 6.10 Å². The molecule has 0 aliphatic heterocycles. The van der Waals surface area contributed by atoms with Gasteiger partial charge in [-0.15, -0.1) is 0 Å². The van der Waals surface area contributed by atoms with Gasteiger partial charge in [0.1, 0.15) is 0 Å². The Balaban J connectivity index is 1.68. The minimum atomic E-state index is 0.443. The minimum Gasteiger partial charge on any atom is -0.381 e. The van der Waals surface area contributed by atoms with Crippen LogP contribution in [-0.4, -0.2) is 13.2 Å². The van der Waals surface area contributed by atoms with Crippen LogP contribution in [0, 0.1) is 24.2 Å². The summed E-state index contributed by atoms with van der Waals surface area (Å²) in [6, 6.07) is 7.19. The third kappa shape index (κ3) is 1.93. The maximum absolute atomic E-state index is 5.85. The van der Waals surface area contributed by atoms with Crippen molar-refractivity contribution in [2.24, 2.45) is 17.3 Å². The monoisotopic (exact) mass is 284 g/mol. The summed E-state index contributed by atoms with van der Waals surface area (Å²) in [6.07, 6.45) is 8.58. The van der Waals surface area contributed by atoms with Crippen molar-refractivity contribution in [2.45, 2.75) is 64.4 Å². The van der Waals surface area contributed by atoms with E-state index < -0.39 is 0 Å². The summed E-state index contributed by atoms with van der Waals surface area (Å²) in [5.41, 5.74) is 5.19. The van der Waals surface area contributed by atoms with Crippen molar-refractivity contribution in [1.29, 1.82) is 0 Å². The van der Waals surface area contributed by atoms with Crippen LogP contribution in [0.2, 0.25) is 0 Å². The van der Waals surface area contributed by atoms with Gasteiger partial charge in [-0.3, -0.25) is 0 Å². The van der Waals surface area contributed by atoms with Crippen LogP contribution in [0.5, 0.6) is 0 Å². The lowest BCUT2D eigenvalue weighted by atomic mass is 9.55. The number of fused-ring (bicyclic) bond motifs is 5. The summed E-state index contributed by atoms with van der Waals surface area (Å²) >= 11 is 0. The Morgan fingerprint density at radius 2 is 2.00 bits per heavy atom. The quantitative estimate of drug-likeness (QED) is 0.715. The summed E-state index contributed by atoms with van der Waals surface area (Å²) in [5, 5.41) is 0. The summed E-state index contributed by atoms with van der Waals surface area (Å²) in [4.78, 5) is 0. The van der Waals surface area contributed by atoms with E-state index in [0.717, 1.165) is 17.8 Å². The zero-order valence-electron chi connectivity index (χ0n) is 13.7. The molecule has 0 spiro atoms. The Bertz CT molecular complexity index is 549. The molecule has 0 N–H and O–H groups in total. The van der Waals surface area contributed by atoms with Crippen LogP contribution in [-0.2, 0) is 11.2 Å². The zero-order chi connectivity index (χ0) is 14.6. The number of benzene rings is 1. The number of aryl methyl sites for hydroxylation is 2. The van der Waals surface area contributed by atoms with Crippen LogP contribution in [0.15, 0.2) is 18.2 Å². The molecule has 0 amide bonds. The molecular weight excluding hydrogens is 256 g/mol. The van der Waals surface area contributed by atoms with Crippen LogP contribution in [0.25, 0.3) is 0 Å². The van der Waals surface area contributed by atoms with Gasteiger partial charge in [-0.2, -0.15) is 0 Å². The fraction of sp³-hybridized carbons (Fsp3) is 0.700. The molecule has 21 heavy (non-hydrogen) atoms. The van der Waals surface area contributed by atoms with Crippen LogP contribution < -0.4 is 0 Å². The van der Waals surface area contributed by atoms with Crippen LogP contribution in [0.1, 0.15) is 61.6 Å². The average molecular weight is 284 g/mol. The second-order valence-electron chi connectivity index (χ2n) is 7.96. The molecule has 3 aliphatic carbocycles. The zero-order valence-corrected chi connectivity index (χ0v) is 13.7. The first kappa shape index (κ1) is 13.8. The largest absolute Gasteiger partial charge is 0.381 e. The molecule has 4 unspecified atom stereocenters. The molecule has 0 saturated heterocycles. The first-order valence-corrected chi connectivity index (χ1v) is 8.75. The standard InChI is InChI=1S/C20H28O/c1-13-4-6-15-14(12-13)5-7-17-16(15)10-11-20(2)18(17)8-9-19(20)21-3/h4,6,12,16-19H,5,7-11H2,1-3H3/t16?,17?,18?,19?,20-/m0/s1. The molecule has 5 atom stereocenters. The van der Waals surface area contributed by atoms with E-state index in [1.165, 1.54) is 44.1 Å². The van der Waals surface area contributed by atoms with E-state index in [4.69, 9.17) is 4.74 Å². The first-order valence-electron chi connectivity index (χ1n) is 8.75. The molecule has 1 aromatic carbocycles. The summed E-state index contributed by atoms with van der Waals surface area (Å²) in [6.45, 7) is 4.74. The molecule has 0 heterocycles. The molecule has 1 heteroatoms. The number of methoxy groups -OCH3 is 1. The van der Waals surface area contributed by atoms with E-state index >= 15 is 0 Å². The smallest absolute Gasteiger partial charge is 0.0627 e. The van der Waals surface area contributed by atoms with Gasteiger partial charge < -0.3 is 4.74 Å². The van der Waals surface area contributed by atoms with Crippen molar-refractivity contribution in [2.75, 3.05) is 7.11 Å². The van der Waals surface area contributed by atoms with Crippen molar-refractivity contribution in [3.8, 4) is 0 Å². The Labute approximate surface area is 129 Å². The summed E-state index contributed by atoms with van der Waals surface area (Å²) in [7, 11) is 1.92. The van der Waals surface area contributed by atoms with Gasteiger partial charge in [-0.25, -0.2) is 0 Å². The van der Waals surface area contributed by atoms with E-state index in [2.05, 4.69) is 32.0 Å². The number of ether oxygens (including phenoxy) is 1. The Morgan fingerprint density at radius 3 is 2.81 bits per heavy atom. The van der Waals surface area contributed by atoms with Crippen molar-refractivity contribution < 1.29 is 4.74 Å². The predicted molar refractivity (Wildman–Crippen MR) is 86.6 cm³/mol. The van der Waals surface area contributed by atoms with Crippen molar-refractivity contribution in [1.82, 2.24) is 0 Å². The van der Waals surface area contributed by atoms with Gasteiger partial charge in [-0.05, 0) is 79.7 Å². The van der Waals surface area contributed by atoms with Crippen LogP contribution in [0.4, 0.5) is 0 Å². The molecule has 1 aromatic rings. The third-order valence-corrected chi connectivity index (χ3v) is 7.08. The number of hydrogen-bond acceptors (Lipinski definition) is 1. The lowest BCUT2D eigenvalue weighted by molar-refractivity contribution is -0.0444. The van der Waals surface area contributed by atoms with Gasteiger partial charge >= 0.3 is 0 Å². The predicted octanol–water partition coefficient (Wildman–Crippen LogP) is 4.87. The van der Waals surface area contributed by atoms with E-state index in [0.29, 0.717) is 11.5 Å². The molecule has 4 rings (SSSR count).